The Morgan fingerprint density at radius 1 is 1.44 bits per heavy atom. The number of rotatable bonds is 3. The molecule has 2 rings (SSSR count). The van der Waals surface area contributed by atoms with Gasteiger partial charge in [-0.3, -0.25) is 9.79 Å². The molecule has 16 heavy (non-hydrogen) atoms. The van der Waals surface area contributed by atoms with Gasteiger partial charge in [0.05, 0.1) is 7.11 Å². The fourth-order valence-electron chi connectivity index (χ4n) is 1.41. The second kappa shape index (κ2) is 4.26. The summed E-state index contributed by atoms with van der Waals surface area (Å²) in [5.74, 6) is 0.822. The van der Waals surface area contributed by atoms with Crippen LogP contribution in [0.5, 0.6) is 5.88 Å². The maximum Gasteiger partial charge on any atom is 0.250 e. The Bertz CT molecular complexity index is 427. The van der Waals surface area contributed by atoms with E-state index < -0.39 is 0 Å². The summed E-state index contributed by atoms with van der Waals surface area (Å²) in [5.41, 5.74) is 0.546. The maximum atomic E-state index is 11.4. The molecule has 1 aliphatic rings. The molecular formula is C10H12N4O2. The molecule has 0 fully saturated rings. The van der Waals surface area contributed by atoms with Crippen LogP contribution in [0.2, 0.25) is 0 Å². The molecule has 0 saturated heterocycles. The highest BCUT2D eigenvalue weighted by Crippen LogP contribution is 2.10. The number of aromatic nitrogens is 2. The van der Waals surface area contributed by atoms with E-state index in [2.05, 4.69) is 20.5 Å². The molecule has 1 atom stereocenters. The molecule has 0 spiro atoms. The zero-order chi connectivity index (χ0) is 11.5. The molecule has 1 aromatic heterocycles. The van der Waals surface area contributed by atoms with Gasteiger partial charge in [0.1, 0.15) is 11.7 Å². The monoisotopic (exact) mass is 220 g/mol. The van der Waals surface area contributed by atoms with Crippen molar-refractivity contribution in [2.24, 2.45) is 4.99 Å². The van der Waals surface area contributed by atoms with E-state index in [1.165, 1.54) is 7.11 Å². The van der Waals surface area contributed by atoms with Gasteiger partial charge in [0, 0.05) is 6.07 Å². The first-order valence-corrected chi connectivity index (χ1v) is 5.01. The summed E-state index contributed by atoms with van der Waals surface area (Å²) in [5, 5.41) is 10.4. The average Bonchev–Trinajstić information content (AvgIpc) is 2.71. The third-order valence-corrected chi connectivity index (χ3v) is 2.31. The first-order chi connectivity index (χ1) is 7.74. The first-order valence-electron chi connectivity index (χ1n) is 5.01. The molecule has 6 heteroatoms. The largest absolute Gasteiger partial charge is 0.480 e. The van der Waals surface area contributed by atoms with Crippen LogP contribution in [0.15, 0.2) is 17.1 Å². The molecular weight excluding hydrogens is 208 g/mol. The number of carbonyl (C=O) groups is 1. The van der Waals surface area contributed by atoms with Crippen LogP contribution in [-0.2, 0) is 4.79 Å². The van der Waals surface area contributed by atoms with Crippen LogP contribution in [-0.4, -0.2) is 35.1 Å². The number of amidine groups is 1. The summed E-state index contributed by atoms with van der Waals surface area (Å²) in [7, 11) is 1.52. The van der Waals surface area contributed by atoms with Crippen molar-refractivity contribution >= 4 is 11.7 Å². The summed E-state index contributed by atoms with van der Waals surface area (Å²) in [6, 6.07) is 3.08. The highest BCUT2D eigenvalue weighted by Gasteiger charge is 2.25. The molecule has 1 N–H and O–H groups in total. The molecule has 0 aromatic carbocycles. The van der Waals surface area contributed by atoms with Gasteiger partial charge in [0.2, 0.25) is 11.8 Å². The zero-order valence-corrected chi connectivity index (χ0v) is 9.10. The van der Waals surface area contributed by atoms with Crippen LogP contribution in [0.3, 0.4) is 0 Å². The van der Waals surface area contributed by atoms with E-state index >= 15 is 0 Å². The number of nitrogens with zero attached hydrogens (tertiary/aromatic N) is 3. The topological polar surface area (TPSA) is 76.5 Å². The fourth-order valence-corrected chi connectivity index (χ4v) is 1.41. The summed E-state index contributed by atoms with van der Waals surface area (Å²) in [6.07, 6.45) is 0.679. The van der Waals surface area contributed by atoms with Crippen LogP contribution in [0.25, 0.3) is 0 Å². The van der Waals surface area contributed by atoms with Gasteiger partial charge in [0.15, 0.2) is 5.84 Å². The predicted molar refractivity (Wildman–Crippen MR) is 57.3 cm³/mol. The molecule has 2 heterocycles. The molecule has 0 radical (unpaired) electrons. The Morgan fingerprint density at radius 3 is 2.75 bits per heavy atom. The van der Waals surface area contributed by atoms with E-state index in [4.69, 9.17) is 4.74 Å². The number of ether oxygens (including phenoxy) is 1. The first kappa shape index (κ1) is 10.5. The lowest BCUT2D eigenvalue weighted by atomic mass is 10.2. The van der Waals surface area contributed by atoms with Crippen LogP contribution in [0, 0.1) is 0 Å². The molecule has 1 unspecified atom stereocenters. The quantitative estimate of drug-likeness (QED) is 0.786. The van der Waals surface area contributed by atoms with E-state index in [0.29, 0.717) is 23.8 Å². The number of methoxy groups -OCH3 is 1. The normalized spacial score (nSPS) is 19.2. The fraction of sp³-hybridized carbons (Fsp3) is 0.400. The van der Waals surface area contributed by atoms with Crippen LogP contribution in [0.1, 0.15) is 19.0 Å². The third kappa shape index (κ3) is 1.86. The SMILES string of the molecule is CCC1N=C(c2ccc(OC)nn2)NC1=O. The van der Waals surface area contributed by atoms with Gasteiger partial charge in [-0.05, 0) is 12.5 Å². The zero-order valence-electron chi connectivity index (χ0n) is 9.10. The summed E-state index contributed by atoms with van der Waals surface area (Å²) < 4.78 is 4.89. The van der Waals surface area contributed by atoms with Crippen molar-refractivity contribution < 1.29 is 9.53 Å². The lowest BCUT2D eigenvalue weighted by Crippen LogP contribution is -2.29. The lowest BCUT2D eigenvalue weighted by Gasteiger charge is -2.00. The third-order valence-electron chi connectivity index (χ3n) is 2.31. The van der Waals surface area contributed by atoms with Gasteiger partial charge < -0.3 is 10.1 Å². The highest BCUT2D eigenvalue weighted by atomic mass is 16.5. The van der Waals surface area contributed by atoms with Crippen molar-refractivity contribution in [1.82, 2.24) is 15.5 Å². The molecule has 1 amide bonds. The molecule has 1 aromatic rings. The molecule has 0 aliphatic carbocycles. The van der Waals surface area contributed by atoms with Crippen LogP contribution in [0.4, 0.5) is 0 Å². The highest BCUT2D eigenvalue weighted by molar-refractivity contribution is 6.12. The minimum Gasteiger partial charge on any atom is -0.480 e. The minimum atomic E-state index is -0.307. The van der Waals surface area contributed by atoms with Gasteiger partial charge in [-0.15, -0.1) is 10.2 Å². The second-order valence-corrected chi connectivity index (χ2v) is 3.35. The number of hydrogen-bond acceptors (Lipinski definition) is 5. The average molecular weight is 220 g/mol. The Morgan fingerprint density at radius 2 is 2.25 bits per heavy atom. The molecule has 1 aliphatic heterocycles. The number of hydrogen-bond donors (Lipinski definition) is 1. The van der Waals surface area contributed by atoms with Gasteiger partial charge >= 0.3 is 0 Å². The predicted octanol–water partition coefficient (Wildman–Crippen LogP) is 0.140. The van der Waals surface area contributed by atoms with E-state index in [1.54, 1.807) is 12.1 Å². The van der Waals surface area contributed by atoms with Crippen molar-refractivity contribution in [3.05, 3.63) is 17.8 Å². The molecule has 0 saturated carbocycles. The van der Waals surface area contributed by atoms with E-state index in [-0.39, 0.29) is 11.9 Å². The Labute approximate surface area is 92.7 Å². The van der Waals surface area contributed by atoms with Gasteiger partial charge in [0.25, 0.3) is 0 Å². The molecule has 0 bridgehead atoms. The van der Waals surface area contributed by atoms with Crippen molar-refractivity contribution in [2.45, 2.75) is 19.4 Å². The smallest absolute Gasteiger partial charge is 0.250 e. The van der Waals surface area contributed by atoms with Crippen molar-refractivity contribution in [2.75, 3.05) is 7.11 Å². The number of carbonyl (C=O) groups excluding carboxylic acids is 1. The number of nitrogens with one attached hydrogen (secondary N) is 1. The summed E-state index contributed by atoms with van der Waals surface area (Å²) in [6.45, 7) is 1.91. The second-order valence-electron chi connectivity index (χ2n) is 3.35. The van der Waals surface area contributed by atoms with E-state index in [1.807, 2.05) is 6.92 Å². The Balaban J connectivity index is 2.22. The standard InChI is InChI=1S/C10H12N4O2/c1-3-6-10(15)12-9(11-6)7-4-5-8(16-2)14-13-7/h4-6H,3H2,1-2H3,(H,11,12,15). The van der Waals surface area contributed by atoms with Crippen LogP contribution < -0.4 is 10.1 Å². The van der Waals surface area contributed by atoms with Gasteiger partial charge in [-0.25, -0.2) is 0 Å². The molecule has 84 valence electrons. The van der Waals surface area contributed by atoms with Gasteiger partial charge in [-0.1, -0.05) is 6.92 Å². The molecule has 6 nitrogen and oxygen atoms in total. The number of amides is 1. The van der Waals surface area contributed by atoms with Crippen molar-refractivity contribution in [1.29, 1.82) is 0 Å². The van der Waals surface area contributed by atoms with E-state index in [0.717, 1.165) is 0 Å². The van der Waals surface area contributed by atoms with Crippen molar-refractivity contribution in [3.8, 4) is 5.88 Å². The Kier molecular flexibility index (Phi) is 2.80. The Hall–Kier alpha value is -1.98. The maximum absolute atomic E-state index is 11.4. The summed E-state index contributed by atoms with van der Waals surface area (Å²) in [4.78, 5) is 15.6. The minimum absolute atomic E-state index is 0.0879. The van der Waals surface area contributed by atoms with Crippen LogP contribution >= 0.6 is 0 Å². The van der Waals surface area contributed by atoms with E-state index in [9.17, 15) is 4.79 Å². The number of aliphatic imine (C=N–C) groups is 1. The summed E-state index contributed by atoms with van der Waals surface area (Å²) >= 11 is 0. The van der Waals surface area contributed by atoms with Gasteiger partial charge in [-0.2, -0.15) is 0 Å². The lowest BCUT2D eigenvalue weighted by molar-refractivity contribution is -0.120. The van der Waals surface area contributed by atoms with Crippen molar-refractivity contribution in [3.63, 3.8) is 0 Å².